The number of furan rings is 1. The fraction of sp³-hybridized carbons (Fsp3) is 0.400. The first kappa shape index (κ1) is 10.5. The molecule has 76 valence electrons. The molecule has 0 aliphatic rings. The Bertz CT molecular complexity index is 329. The van der Waals surface area contributed by atoms with Gasteiger partial charge in [-0.15, -0.1) is 0 Å². The summed E-state index contributed by atoms with van der Waals surface area (Å²) in [5, 5.41) is 3.79. The summed E-state index contributed by atoms with van der Waals surface area (Å²) in [6.07, 6.45) is 5.06. The summed E-state index contributed by atoms with van der Waals surface area (Å²) in [6, 6.07) is 1.63. The number of hydrogen-bond acceptors (Lipinski definition) is 3. The van der Waals surface area contributed by atoms with Crippen LogP contribution in [0.5, 0.6) is 0 Å². The molecule has 0 bridgehead atoms. The van der Waals surface area contributed by atoms with E-state index in [0.717, 1.165) is 12.8 Å². The standard InChI is InChI=1S/C10H14N2O2/c1-3-4-6-11-12-10(13)9-5-7-14-8(9)2/h5-7H,3-4H2,1-2H3,(H,12,13). The van der Waals surface area contributed by atoms with Crippen molar-refractivity contribution in [3.63, 3.8) is 0 Å². The van der Waals surface area contributed by atoms with Crippen molar-refractivity contribution in [2.45, 2.75) is 26.7 Å². The van der Waals surface area contributed by atoms with E-state index < -0.39 is 0 Å². The van der Waals surface area contributed by atoms with Crippen molar-refractivity contribution >= 4 is 12.1 Å². The maximum absolute atomic E-state index is 11.4. The number of hydrogen-bond donors (Lipinski definition) is 1. The Labute approximate surface area is 83.0 Å². The van der Waals surface area contributed by atoms with Gasteiger partial charge >= 0.3 is 0 Å². The highest BCUT2D eigenvalue weighted by Gasteiger charge is 2.09. The Kier molecular flexibility index (Phi) is 3.91. The molecule has 0 aliphatic heterocycles. The average Bonchev–Trinajstić information content (AvgIpc) is 2.59. The number of carbonyl (C=O) groups excluding carboxylic acids is 1. The molecule has 0 spiro atoms. The van der Waals surface area contributed by atoms with E-state index in [1.807, 2.05) is 6.92 Å². The summed E-state index contributed by atoms with van der Waals surface area (Å²) >= 11 is 0. The van der Waals surface area contributed by atoms with Gasteiger partial charge in [0.25, 0.3) is 5.91 Å². The van der Waals surface area contributed by atoms with Crippen molar-refractivity contribution in [3.05, 3.63) is 23.7 Å². The Hall–Kier alpha value is -1.58. The van der Waals surface area contributed by atoms with Crippen molar-refractivity contribution < 1.29 is 9.21 Å². The summed E-state index contributed by atoms with van der Waals surface area (Å²) in [7, 11) is 0. The number of unbranched alkanes of at least 4 members (excludes halogenated alkanes) is 1. The van der Waals surface area contributed by atoms with Gasteiger partial charge in [0.2, 0.25) is 0 Å². The fourth-order valence-electron chi connectivity index (χ4n) is 0.979. The summed E-state index contributed by atoms with van der Waals surface area (Å²) < 4.78 is 5.00. The molecule has 0 saturated carbocycles. The number of aryl methyl sites for hydroxylation is 1. The lowest BCUT2D eigenvalue weighted by atomic mass is 10.2. The van der Waals surface area contributed by atoms with Crippen LogP contribution in [0.4, 0.5) is 0 Å². The van der Waals surface area contributed by atoms with Gasteiger partial charge in [-0.1, -0.05) is 13.3 Å². The first-order chi connectivity index (χ1) is 6.75. The monoisotopic (exact) mass is 194 g/mol. The zero-order chi connectivity index (χ0) is 10.4. The Morgan fingerprint density at radius 3 is 3.07 bits per heavy atom. The Morgan fingerprint density at radius 1 is 1.71 bits per heavy atom. The van der Waals surface area contributed by atoms with Gasteiger partial charge in [-0.3, -0.25) is 4.79 Å². The van der Waals surface area contributed by atoms with Gasteiger partial charge in [0, 0.05) is 6.21 Å². The van der Waals surface area contributed by atoms with Crippen LogP contribution in [0.15, 0.2) is 21.8 Å². The molecule has 1 rings (SSSR count). The molecule has 0 atom stereocenters. The van der Waals surface area contributed by atoms with Crippen molar-refractivity contribution in [1.29, 1.82) is 0 Å². The van der Waals surface area contributed by atoms with Crippen molar-refractivity contribution in [2.24, 2.45) is 5.10 Å². The topological polar surface area (TPSA) is 54.6 Å². The molecule has 0 saturated heterocycles. The molecule has 1 amide bonds. The number of rotatable bonds is 4. The SMILES string of the molecule is CCCC=NNC(=O)c1ccoc1C. The fourth-order valence-corrected chi connectivity index (χ4v) is 0.979. The Morgan fingerprint density at radius 2 is 2.50 bits per heavy atom. The largest absolute Gasteiger partial charge is 0.469 e. The van der Waals surface area contributed by atoms with Crippen LogP contribution < -0.4 is 5.43 Å². The number of hydrazone groups is 1. The minimum Gasteiger partial charge on any atom is -0.469 e. The third kappa shape index (κ3) is 2.73. The predicted octanol–water partition coefficient (Wildman–Crippen LogP) is 2.10. The molecule has 4 heteroatoms. The lowest BCUT2D eigenvalue weighted by Gasteiger charge is -1.96. The molecule has 0 unspecified atom stereocenters. The van der Waals surface area contributed by atoms with Crippen molar-refractivity contribution in [1.82, 2.24) is 5.43 Å². The summed E-state index contributed by atoms with van der Waals surface area (Å²) in [4.78, 5) is 11.4. The van der Waals surface area contributed by atoms with Crippen LogP contribution in [0.25, 0.3) is 0 Å². The van der Waals surface area contributed by atoms with E-state index in [1.165, 1.54) is 6.26 Å². The predicted molar refractivity (Wildman–Crippen MR) is 54.3 cm³/mol. The molecular weight excluding hydrogens is 180 g/mol. The molecule has 0 fully saturated rings. The molecule has 14 heavy (non-hydrogen) atoms. The summed E-state index contributed by atoms with van der Waals surface area (Å²) in [6.45, 7) is 3.79. The van der Waals surface area contributed by atoms with Gasteiger partial charge in [-0.2, -0.15) is 5.10 Å². The zero-order valence-corrected chi connectivity index (χ0v) is 8.41. The van der Waals surface area contributed by atoms with Crippen LogP contribution in [-0.4, -0.2) is 12.1 Å². The van der Waals surface area contributed by atoms with E-state index in [9.17, 15) is 4.79 Å². The van der Waals surface area contributed by atoms with Crippen LogP contribution in [-0.2, 0) is 0 Å². The van der Waals surface area contributed by atoms with Gasteiger partial charge in [0.15, 0.2) is 0 Å². The highest BCUT2D eigenvalue weighted by molar-refractivity contribution is 5.95. The molecule has 4 nitrogen and oxygen atoms in total. The molecule has 1 aromatic rings. The Balaban J connectivity index is 2.47. The molecular formula is C10H14N2O2. The number of amides is 1. The van der Waals surface area contributed by atoms with Gasteiger partial charge in [0.1, 0.15) is 5.76 Å². The van der Waals surface area contributed by atoms with Crippen molar-refractivity contribution in [3.8, 4) is 0 Å². The summed E-state index contributed by atoms with van der Waals surface area (Å²) in [5.74, 6) is 0.372. The second-order valence-corrected chi connectivity index (χ2v) is 2.93. The van der Waals surface area contributed by atoms with E-state index in [0.29, 0.717) is 11.3 Å². The molecule has 1 N–H and O–H groups in total. The van der Waals surface area contributed by atoms with Crippen LogP contribution >= 0.6 is 0 Å². The van der Waals surface area contributed by atoms with E-state index in [2.05, 4.69) is 10.5 Å². The molecule has 0 aromatic carbocycles. The second-order valence-electron chi connectivity index (χ2n) is 2.93. The van der Waals surface area contributed by atoms with Crippen LogP contribution in [0.2, 0.25) is 0 Å². The average molecular weight is 194 g/mol. The normalized spacial score (nSPS) is 10.7. The van der Waals surface area contributed by atoms with E-state index in [1.54, 1.807) is 19.2 Å². The minimum absolute atomic E-state index is 0.233. The number of nitrogens with one attached hydrogen (secondary N) is 1. The first-order valence-electron chi connectivity index (χ1n) is 4.61. The zero-order valence-electron chi connectivity index (χ0n) is 8.41. The van der Waals surface area contributed by atoms with Crippen LogP contribution in [0.3, 0.4) is 0 Å². The lowest BCUT2D eigenvalue weighted by Crippen LogP contribution is -2.17. The molecule has 0 radical (unpaired) electrons. The first-order valence-corrected chi connectivity index (χ1v) is 4.61. The highest BCUT2D eigenvalue weighted by Crippen LogP contribution is 2.07. The highest BCUT2D eigenvalue weighted by atomic mass is 16.3. The maximum atomic E-state index is 11.4. The molecule has 1 heterocycles. The third-order valence-electron chi connectivity index (χ3n) is 1.78. The lowest BCUT2D eigenvalue weighted by molar-refractivity contribution is 0.0953. The van der Waals surface area contributed by atoms with Gasteiger partial charge in [-0.05, 0) is 19.4 Å². The summed E-state index contributed by atoms with van der Waals surface area (Å²) in [5.41, 5.74) is 2.96. The van der Waals surface area contributed by atoms with Crippen molar-refractivity contribution in [2.75, 3.05) is 0 Å². The number of carbonyl (C=O) groups is 1. The number of nitrogens with zero attached hydrogens (tertiary/aromatic N) is 1. The van der Waals surface area contributed by atoms with Crippen LogP contribution in [0.1, 0.15) is 35.9 Å². The third-order valence-corrected chi connectivity index (χ3v) is 1.78. The molecule has 1 aromatic heterocycles. The van der Waals surface area contributed by atoms with E-state index >= 15 is 0 Å². The van der Waals surface area contributed by atoms with Gasteiger partial charge in [-0.25, -0.2) is 5.43 Å². The quantitative estimate of drug-likeness (QED) is 0.589. The van der Waals surface area contributed by atoms with E-state index in [4.69, 9.17) is 4.42 Å². The second kappa shape index (κ2) is 5.21. The smallest absolute Gasteiger partial charge is 0.274 e. The van der Waals surface area contributed by atoms with Gasteiger partial charge in [0.05, 0.1) is 11.8 Å². The minimum atomic E-state index is -0.233. The van der Waals surface area contributed by atoms with Gasteiger partial charge < -0.3 is 4.42 Å². The van der Waals surface area contributed by atoms with E-state index in [-0.39, 0.29) is 5.91 Å². The maximum Gasteiger partial charge on any atom is 0.274 e. The van der Waals surface area contributed by atoms with Crippen LogP contribution in [0, 0.1) is 6.92 Å². The molecule has 0 aliphatic carbocycles.